The number of benzene rings is 1. The maximum Gasteiger partial charge on any atom is 0.161 e. The predicted octanol–water partition coefficient (Wildman–Crippen LogP) is 4.97. The lowest BCUT2D eigenvalue weighted by atomic mass is 9.78. The Morgan fingerprint density at radius 2 is 1.60 bits per heavy atom. The molecule has 0 unspecified atom stereocenters. The Morgan fingerprint density at radius 1 is 1.05 bits per heavy atom. The number of rotatable bonds is 9. The van der Waals surface area contributed by atoms with E-state index in [1.165, 1.54) is 0 Å². The molecule has 0 radical (unpaired) electrons. The van der Waals surface area contributed by atoms with E-state index in [1.54, 1.807) is 0 Å². The van der Waals surface area contributed by atoms with Crippen molar-refractivity contribution in [1.29, 1.82) is 0 Å². The number of halogens is 2. The van der Waals surface area contributed by atoms with Crippen LogP contribution in [0, 0.1) is 11.3 Å². The van der Waals surface area contributed by atoms with Crippen molar-refractivity contribution in [2.75, 3.05) is 25.0 Å². The summed E-state index contributed by atoms with van der Waals surface area (Å²) in [5, 5.41) is 0. The van der Waals surface area contributed by atoms with Gasteiger partial charge in [-0.05, 0) is 31.4 Å². The maximum atomic E-state index is 6.12. The second-order valence-corrected chi connectivity index (χ2v) is 5.80. The fourth-order valence-corrected chi connectivity index (χ4v) is 3.15. The molecular weight excluding hydrogens is 295 g/mol. The minimum Gasteiger partial charge on any atom is -0.490 e. The van der Waals surface area contributed by atoms with E-state index in [0.717, 1.165) is 17.9 Å². The Morgan fingerprint density at radius 3 is 2.05 bits per heavy atom. The molecule has 2 nitrogen and oxygen atoms in total. The summed E-state index contributed by atoms with van der Waals surface area (Å²) >= 11 is 12.2. The SMILES string of the molecule is CCOc1ccccc1OCCC(CCl)(CCl)C(C)C. The van der Waals surface area contributed by atoms with Crippen molar-refractivity contribution in [3.63, 3.8) is 0 Å². The van der Waals surface area contributed by atoms with E-state index in [1.807, 2.05) is 31.2 Å². The van der Waals surface area contributed by atoms with Gasteiger partial charge in [0, 0.05) is 17.2 Å². The Balaban J connectivity index is 2.63. The Hall–Kier alpha value is -0.600. The van der Waals surface area contributed by atoms with Gasteiger partial charge in [0.2, 0.25) is 0 Å². The third-order valence-electron chi connectivity index (χ3n) is 3.76. The molecule has 0 spiro atoms. The summed E-state index contributed by atoms with van der Waals surface area (Å²) in [6.45, 7) is 7.47. The van der Waals surface area contributed by atoms with E-state index in [-0.39, 0.29) is 5.41 Å². The van der Waals surface area contributed by atoms with E-state index < -0.39 is 0 Å². The minimum atomic E-state index is -0.0797. The largest absolute Gasteiger partial charge is 0.490 e. The summed E-state index contributed by atoms with van der Waals surface area (Å²) in [5.74, 6) is 3.07. The molecule has 0 fully saturated rings. The van der Waals surface area contributed by atoms with Gasteiger partial charge in [0.15, 0.2) is 11.5 Å². The van der Waals surface area contributed by atoms with Crippen molar-refractivity contribution in [2.24, 2.45) is 11.3 Å². The molecule has 1 aromatic rings. The first kappa shape index (κ1) is 17.5. The third kappa shape index (κ3) is 4.46. The Kier molecular flexibility index (Phi) is 7.53. The molecule has 0 aliphatic heterocycles. The first-order chi connectivity index (χ1) is 9.59. The smallest absolute Gasteiger partial charge is 0.161 e. The molecule has 0 heterocycles. The molecular formula is C16H24Cl2O2. The zero-order chi connectivity index (χ0) is 15.0. The predicted molar refractivity (Wildman–Crippen MR) is 86.4 cm³/mol. The number of alkyl halides is 2. The van der Waals surface area contributed by atoms with Crippen molar-refractivity contribution < 1.29 is 9.47 Å². The molecule has 1 rings (SSSR count). The van der Waals surface area contributed by atoms with Crippen molar-refractivity contribution in [3.05, 3.63) is 24.3 Å². The summed E-state index contributed by atoms with van der Waals surface area (Å²) in [7, 11) is 0. The van der Waals surface area contributed by atoms with E-state index >= 15 is 0 Å². The molecule has 114 valence electrons. The second kappa shape index (κ2) is 8.63. The van der Waals surface area contributed by atoms with E-state index in [9.17, 15) is 0 Å². The van der Waals surface area contributed by atoms with Crippen LogP contribution in [0.3, 0.4) is 0 Å². The summed E-state index contributed by atoms with van der Waals surface area (Å²) in [6, 6.07) is 7.71. The highest BCUT2D eigenvalue weighted by atomic mass is 35.5. The molecule has 4 heteroatoms. The van der Waals surface area contributed by atoms with E-state index in [0.29, 0.717) is 30.9 Å². The highest BCUT2D eigenvalue weighted by Gasteiger charge is 2.32. The molecule has 1 aromatic carbocycles. The van der Waals surface area contributed by atoms with Crippen LogP contribution in [-0.4, -0.2) is 25.0 Å². The molecule has 0 amide bonds. The van der Waals surface area contributed by atoms with Gasteiger partial charge >= 0.3 is 0 Å². The van der Waals surface area contributed by atoms with Gasteiger partial charge in [-0.2, -0.15) is 0 Å². The van der Waals surface area contributed by atoms with Crippen LogP contribution in [0.15, 0.2) is 24.3 Å². The molecule has 0 N–H and O–H groups in total. The van der Waals surface area contributed by atoms with Crippen LogP contribution in [0.2, 0.25) is 0 Å². The molecule has 0 aliphatic carbocycles. The van der Waals surface area contributed by atoms with Crippen molar-refractivity contribution in [2.45, 2.75) is 27.2 Å². The molecule has 0 bridgehead atoms. The quantitative estimate of drug-likeness (QED) is 0.598. The van der Waals surface area contributed by atoms with Crippen LogP contribution in [0.4, 0.5) is 0 Å². The molecule has 0 atom stereocenters. The molecule has 0 saturated carbocycles. The van der Waals surface area contributed by atoms with E-state index in [4.69, 9.17) is 32.7 Å². The molecule has 0 aromatic heterocycles. The lowest BCUT2D eigenvalue weighted by Gasteiger charge is -2.33. The summed E-state index contributed by atoms with van der Waals surface area (Å²) < 4.78 is 11.4. The second-order valence-electron chi connectivity index (χ2n) is 5.26. The lowest BCUT2D eigenvalue weighted by molar-refractivity contribution is 0.178. The number of hydrogen-bond acceptors (Lipinski definition) is 2. The maximum absolute atomic E-state index is 6.12. The van der Waals surface area contributed by atoms with Crippen LogP contribution in [0.1, 0.15) is 27.2 Å². The zero-order valence-corrected chi connectivity index (χ0v) is 14.0. The van der Waals surface area contributed by atoms with Crippen molar-refractivity contribution in [1.82, 2.24) is 0 Å². The highest BCUT2D eigenvalue weighted by molar-refractivity contribution is 6.21. The van der Waals surface area contributed by atoms with Crippen LogP contribution < -0.4 is 9.47 Å². The summed E-state index contributed by atoms with van der Waals surface area (Å²) in [4.78, 5) is 0. The van der Waals surface area contributed by atoms with Gasteiger partial charge in [0.25, 0.3) is 0 Å². The monoisotopic (exact) mass is 318 g/mol. The van der Waals surface area contributed by atoms with Gasteiger partial charge in [-0.15, -0.1) is 23.2 Å². The first-order valence-electron chi connectivity index (χ1n) is 7.06. The van der Waals surface area contributed by atoms with Gasteiger partial charge in [-0.3, -0.25) is 0 Å². The van der Waals surface area contributed by atoms with Gasteiger partial charge in [0.1, 0.15) is 0 Å². The van der Waals surface area contributed by atoms with Gasteiger partial charge < -0.3 is 9.47 Å². The fourth-order valence-electron chi connectivity index (χ4n) is 1.98. The summed E-state index contributed by atoms with van der Waals surface area (Å²) in [5.41, 5.74) is -0.0797. The van der Waals surface area contributed by atoms with Crippen LogP contribution in [0.5, 0.6) is 11.5 Å². The van der Waals surface area contributed by atoms with Crippen LogP contribution in [0.25, 0.3) is 0 Å². The topological polar surface area (TPSA) is 18.5 Å². The number of para-hydroxylation sites is 2. The zero-order valence-electron chi connectivity index (χ0n) is 12.5. The highest BCUT2D eigenvalue weighted by Crippen LogP contribution is 2.35. The Bertz CT molecular complexity index is 390. The fraction of sp³-hybridized carbons (Fsp3) is 0.625. The third-order valence-corrected chi connectivity index (χ3v) is 4.83. The van der Waals surface area contributed by atoms with E-state index in [2.05, 4.69) is 13.8 Å². The normalized spacial score (nSPS) is 11.7. The summed E-state index contributed by atoms with van der Waals surface area (Å²) in [6.07, 6.45) is 0.831. The standard InChI is InChI=1S/C16H24Cl2O2/c1-4-19-14-7-5-6-8-15(14)20-10-9-16(11-17,12-18)13(2)3/h5-8,13H,4,9-12H2,1-3H3. The molecule has 20 heavy (non-hydrogen) atoms. The van der Waals surface area contributed by atoms with Crippen molar-refractivity contribution in [3.8, 4) is 11.5 Å². The average molecular weight is 319 g/mol. The Labute approximate surface area is 132 Å². The minimum absolute atomic E-state index is 0.0797. The van der Waals surface area contributed by atoms with Gasteiger partial charge in [-0.1, -0.05) is 26.0 Å². The van der Waals surface area contributed by atoms with Crippen molar-refractivity contribution >= 4 is 23.2 Å². The van der Waals surface area contributed by atoms with Crippen LogP contribution >= 0.6 is 23.2 Å². The average Bonchev–Trinajstić information content (AvgIpc) is 2.45. The van der Waals surface area contributed by atoms with Gasteiger partial charge in [-0.25, -0.2) is 0 Å². The van der Waals surface area contributed by atoms with Crippen LogP contribution in [-0.2, 0) is 0 Å². The molecule has 0 aliphatic rings. The number of ether oxygens (including phenoxy) is 2. The number of hydrogen-bond donors (Lipinski definition) is 0. The lowest BCUT2D eigenvalue weighted by Crippen LogP contribution is -2.33. The molecule has 0 saturated heterocycles. The van der Waals surface area contributed by atoms with Gasteiger partial charge in [0.05, 0.1) is 13.2 Å². The first-order valence-corrected chi connectivity index (χ1v) is 8.13.